The van der Waals surface area contributed by atoms with Crippen molar-refractivity contribution in [2.75, 3.05) is 26.6 Å². The van der Waals surface area contributed by atoms with Crippen LogP contribution in [0.2, 0.25) is 0 Å². The molecule has 0 spiro atoms. The minimum Gasteiger partial charge on any atom is -0.493 e. The van der Waals surface area contributed by atoms with E-state index in [1.54, 1.807) is 14.2 Å². The summed E-state index contributed by atoms with van der Waals surface area (Å²) < 4.78 is 15.5. The van der Waals surface area contributed by atoms with Gasteiger partial charge in [0.25, 0.3) is 5.56 Å². The summed E-state index contributed by atoms with van der Waals surface area (Å²) in [6, 6.07) is 5.57. The quantitative estimate of drug-likeness (QED) is 0.837. The van der Waals surface area contributed by atoms with Crippen LogP contribution in [-0.2, 0) is 6.54 Å². The zero-order chi connectivity index (χ0) is 15.2. The van der Waals surface area contributed by atoms with Crippen LogP contribution in [0, 0.1) is 0 Å². The molecule has 1 heterocycles. The fraction of sp³-hybridized carbons (Fsp3) is 0.286. The predicted octanol–water partition coefficient (Wildman–Crippen LogP) is 1.41. The highest BCUT2D eigenvalue weighted by atomic mass is 16.5. The van der Waals surface area contributed by atoms with Crippen molar-refractivity contribution in [3.05, 3.63) is 40.4 Å². The topological polar surface area (TPSA) is 85.5 Å². The van der Waals surface area contributed by atoms with Gasteiger partial charge < -0.3 is 24.5 Å². The lowest BCUT2D eigenvalue weighted by molar-refractivity contribution is 0.354. The van der Waals surface area contributed by atoms with E-state index in [4.69, 9.17) is 14.2 Å². The number of nitrogens with zero attached hydrogens (tertiary/aromatic N) is 1. The first kappa shape index (κ1) is 14.7. The SMILES string of the molecule is COc1ccc(CNc2nc[nH]c(=O)c2OC)cc1OC. The largest absolute Gasteiger partial charge is 0.493 e. The molecule has 0 aliphatic carbocycles. The summed E-state index contributed by atoms with van der Waals surface area (Å²) in [5.74, 6) is 1.84. The van der Waals surface area contributed by atoms with Crippen molar-refractivity contribution in [1.29, 1.82) is 0 Å². The predicted molar refractivity (Wildman–Crippen MR) is 78.3 cm³/mol. The third kappa shape index (κ3) is 3.25. The summed E-state index contributed by atoms with van der Waals surface area (Å²) in [4.78, 5) is 18.1. The van der Waals surface area contributed by atoms with Gasteiger partial charge in [-0.25, -0.2) is 4.98 Å². The Balaban J connectivity index is 2.17. The third-order valence-electron chi connectivity index (χ3n) is 2.92. The van der Waals surface area contributed by atoms with Crippen LogP contribution in [0.1, 0.15) is 5.56 Å². The van der Waals surface area contributed by atoms with Gasteiger partial charge in [-0.2, -0.15) is 0 Å². The lowest BCUT2D eigenvalue weighted by Crippen LogP contribution is -2.14. The number of H-pyrrole nitrogens is 1. The summed E-state index contributed by atoms with van der Waals surface area (Å²) in [7, 11) is 4.59. The monoisotopic (exact) mass is 291 g/mol. The van der Waals surface area contributed by atoms with Crippen LogP contribution in [0.5, 0.6) is 17.2 Å². The maximum absolute atomic E-state index is 11.6. The number of hydrogen-bond donors (Lipinski definition) is 2. The minimum atomic E-state index is -0.331. The van der Waals surface area contributed by atoms with Crippen LogP contribution >= 0.6 is 0 Å². The number of nitrogens with one attached hydrogen (secondary N) is 2. The Morgan fingerprint density at radius 1 is 1.14 bits per heavy atom. The Kier molecular flexibility index (Phi) is 4.65. The number of aromatic amines is 1. The molecule has 1 aromatic carbocycles. The Morgan fingerprint density at radius 3 is 2.57 bits per heavy atom. The van der Waals surface area contributed by atoms with E-state index < -0.39 is 0 Å². The molecule has 0 atom stereocenters. The van der Waals surface area contributed by atoms with Crippen molar-refractivity contribution in [1.82, 2.24) is 9.97 Å². The van der Waals surface area contributed by atoms with Gasteiger partial charge in [-0.1, -0.05) is 6.07 Å². The summed E-state index contributed by atoms with van der Waals surface area (Å²) in [5.41, 5.74) is 0.624. The molecule has 21 heavy (non-hydrogen) atoms. The Labute approximate surface area is 121 Å². The van der Waals surface area contributed by atoms with Gasteiger partial charge in [0.2, 0.25) is 5.75 Å². The standard InChI is InChI=1S/C14H17N3O4/c1-19-10-5-4-9(6-11(10)20-2)7-15-13-12(21-3)14(18)17-8-16-13/h4-6,8H,7H2,1-3H3,(H2,15,16,17,18). The molecular formula is C14H17N3O4. The molecule has 0 bridgehead atoms. The molecule has 0 aliphatic rings. The number of anilines is 1. The van der Waals surface area contributed by atoms with Crippen LogP contribution in [0.3, 0.4) is 0 Å². The van der Waals surface area contributed by atoms with Crippen LogP contribution < -0.4 is 25.1 Å². The highest BCUT2D eigenvalue weighted by Gasteiger charge is 2.09. The molecule has 0 saturated heterocycles. The van der Waals surface area contributed by atoms with Crippen molar-refractivity contribution < 1.29 is 14.2 Å². The zero-order valence-corrected chi connectivity index (χ0v) is 12.1. The fourth-order valence-corrected chi connectivity index (χ4v) is 1.88. The lowest BCUT2D eigenvalue weighted by atomic mass is 10.2. The van der Waals surface area contributed by atoms with Gasteiger partial charge in [0, 0.05) is 6.54 Å². The molecule has 0 amide bonds. The molecule has 1 aromatic heterocycles. The molecular weight excluding hydrogens is 274 g/mol. The van der Waals surface area contributed by atoms with Crippen LogP contribution in [-0.4, -0.2) is 31.3 Å². The molecule has 0 unspecified atom stereocenters. The van der Waals surface area contributed by atoms with Gasteiger partial charge >= 0.3 is 0 Å². The molecule has 2 N–H and O–H groups in total. The van der Waals surface area contributed by atoms with Crippen molar-refractivity contribution in [2.45, 2.75) is 6.54 Å². The molecule has 0 aliphatic heterocycles. The van der Waals surface area contributed by atoms with E-state index in [1.807, 2.05) is 18.2 Å². The summed E-state index contributed by atoms with van der Waals surface area (Å²) in [6.45, 7) is 0.465. The maximum Gasteiger partial charge on any atom is 0.295 e. The smallest absolute Gasteiger partial charge is 0.295 e. The summed E-state index contributed by atoms with van der Waals surface area (Å²) >= 11 is 0. The number of methoxy groups -OCH3 is 3. The maximum atomic E-state index is 11.6. The number of benzene rings is 1. The molecule has 0 radical (unpaired) electrons. The second-order valence-electron chi connectivity index (χ2n) is 4.16. The van der Waals surface area contributed by atoms with Gasteiger partial charge in [-0.3, -0.25) is 4.79 Å². The first-order valence-electron chi connectivity index (χ1n) is 6.26. The summed E-state index contributed by atoms with van der Waals surface area (Å²) in [5, 5.41) is 3.06. The first-order chi connectivity index (χ1) is 10.2. The minimum absolute atomic E-state index is 0.151. The Hall–Kier alpha value is -2.70. The second kappa shape index (κ2) is 6.65. The van der Waals surface area contributed by atoms with E-state index in [-0.39, 0.29) is 11.3 Å². The van der Waals surface area contributed by atoms with Crippen molar-refractivity contribution >= 4 is 5.82 Å². The molecule has 2 aromatic rings. The van der Waals surface area contributed by atoms with E-state index in [9.17, 15) is 4.79 Å². The first-order valence-corrected chi connectivity index (χ1v) is 6.26. The van der Waals surface area contributed by atoms with E-state index in [0.717, 1.165) is 5.56 Å². The number of rotatable bonds is 6. The molecule has 7 heteroatoms. The molecule has 7 nitrogen and oxygen atoms in total. The van der Waals surface area contributed by atoms with Gasteiger partial charge in [0.15, 0.2) is 17.3 Å². The average molecular weight is 291 g/mol. The van der Waals surface area contributed by atoms with Crippen LogP contribution in [0.15, 0.2) is 29.3 Å². The van der Waals surface area contributed by atoms with E-state index in [2.05, 4.69) is 15.3 Å². The van der Waals surface area contributed by atoms with Crippen molar-refractivity contribution in [3.63, 3.8) is 0 Å². The van der Waals surface area contributed by atoms with E-state index >= 15 is 0 Å². The number of ether oxygens (including phenoxy) is 3. The van der Waals surface area contributed by atoms with Crippen LogP contribution in [0.25, 0.3) is 0 Å². The normalized spacial score (nSPS) is 10.0. The van der Waals surface area contributed by atoms with Crippen LogP contribution in [0.4, 0.5) is 5.82 Å². The van der Waals surface area contributed by atoms with Crippen molar-refractivity contribution in [3.8, 4) is 17.2 Å². The molecule has 0 fully saturated rings. The Bertz CT molecular complexity index is 670. The molecule has 112 valence electrons. The molecule has 0 saturated carbocycles. The number of aromatic nitrogens is 2. The zero-order valence-electron chi connectivity index (χ0n) is 12.1. The third-order valence-corrected chi connectivity index (χ3v) is 2.92. The van der Waals surface area contributed by atoms with E-state index in [0.29, 0.717) is 23.9 Å². The van der Waals surface area contributed by atoms with E-state index in [1.165, 1.54) is 13.4 Å². The highest BCUT2D eigenvalue weighted by Crippen LogP contribution is 2.28. The molecule has 2 rings (SSSR count). The van der Waals surface area contributed by atoms with Gasteiger partial charge in [-0.15, -0.1) is 0 Å². The van der Waals surface area contributed by atoms with Gasteiger partial charge in [-0.05, 0) is 17.7 Å². The van der Waals surface area contributed by atoms with Gasteiger partial charge in [0.1, 0.15) is 0 Å². The van der Waals surface area contributed by atoms with Crippen molar-refractivity contribution in [2.24, 2.45) is 0 Å². The summed E-state index contributed by atoms with van der Waals surface area (Å²) in [6.07, 6.45) is 1.32. The lowest BCUT2D eigenvalue weighted by Gasteiger charge is -2.11. The number of hydrogen-bond acceptors (Lipinski definition) is 6. The van der Waals surface area contributed by atoms with Gasteiger partial charge in [0.05, 0.1) is 27.7 Å². The highest BCUT2D eigenvalue weighted by molar-refractivity contribution is 5.49. The second-order valence-corrected chi connectivity index (χ2v) is 4.16. The Morgan fingerprint density at radius 2 is 1.90 bits per heavy atom. The fourth-order valence-electron chi connectivity index (χ4n) is 1.88. The average Bonchev–Trinajstić information content (AvgIpc) is 2.52.